The molecule has 0 saturated heterocycles. The third-order valence-electron chi connectivity index (χ3n) is 4.24. The van der Waals surface area contributed by atoms with Crippen LogP contribution in [0.5, 0.6) is 0 Å². The first-order valence-corrected chi connectivity index (χ1v) is 8.26. The molecule has 23 heavy (non-hydrogen) atoms. The van der Waals surface area contributed by atoms with E-state index in [0.717, 1.165) is 47.0 Å². The molecule has 2 nitrogen and oxygen atoms in total. The Kier molecular flexibility index (Phi) is 4.69. The lowest BCUT2D eigenvalue weighted by molar-refractivity contribution is 0.630. The van der Waals surface area contributed by atoms with E-state index in [1.54, 1.807) is 12.1 Å². The highest BCUT2D eigenvalue weighted by Gasteiger charge is 2.18. The predicted molar refractivity (Wildman–Crippen MR) is 95.4 cm³/mol. The number of nitrogens with one attached hydrogen (secondary N) is 1. The minimum absolute atomic E-state index is 0.229. The van der Waals surface area contributed by atoms with Gasteiger partial charge in [0.2, 0.25) is 0 Å². The Morgan fingerprint density at radius 3 is 2.65 bits per heavy atom. The van der Waals surface area contributed by atoms with Gasteiger partial charge in [0.15, 0.2) is 0 Å². The van der Waals surface area contributed by atoms with Crippen molar-refractivity contribution in [2.45, 2.75) is 26.2 Å². The fourth-order valence-corrected chi connectivity index (χ4v) is 3.32. The molecule has 3 N–H and O–H groups in total. The smallest absolute Gasteiger partial charge is 0.132 e. The number of aromatic nitrogens is 1. The van der Waals surface area contributed by atoms with Crippen molar-refractivity contribution >= 4 is 22.5 Å². The summed E-state index contributed by atoms with van der Waals surface area (Å²) in [5.41, 5.74) is 10.2. The molecule has 4 heteroatoms. The molecule has 2 aromatic carbocycles. The molecule has 120 valence electrons. The molecule has 0 amide bonds. The predicted octanol–water partition coefficient (Wildman–Crippen LogP) is 5.22. The molecule has 0 radical (unpaired) electrons. The van der Waals surface area contributed by atoms with Crippen molar-refractivity contribution in [3.63, 3.8) is 0 Å². The van der Waals surface area contributed by atoms with E-state index in [4.69, 9.17) is 17.3 Å². The summed E-state index contributed by atoms with van der Waals surface area (Å²) < 4.78 is 14.3. The Morgan fingerprint density at radius 1 is 1.13 bits per heavy atom. The molecule has 0 bridgehead atoms. The van der Waals surface area contributed by atoms with Crippen molar-refractivity contribution in [1.82, 2.24) is 4.98 Å². The zero-order valence-electron chi connectivity index (χ0n) is 13.1. The van der Waals surface area contributed by atoms with Crippen molar-refractivity contribution in [3.8, 4) is 11.3 Å². The van der Waals surface area contributed by atoms with Crippen molar-refractivity contribution < 1.29 is 4.39 Å². The van der Waals surface area contributed by atoms with Crippen LogP contribution in [0.2, 0.25) is 5.02 Å². The number of unbranched alkanes of at least 4 members (excludes halogenated alkanes) is 1. The highest BCUT2D eigenvalue weighted by atomic mass is 35.5. The number of hydrogen-bond donors (Lipinski definition) is 2. The minimum atomic E-state index is -0.229. The van der Waals surface area contributed by atoms with Gasteiger partial charge < -0.3 is 10.7 Å². The summed E-state index contributed by atoms with van der Waals surface area (Å²) in [5.74, 6) is -0.229. The topological polar surface area (TPSA) is 41.8 Å². The highest BCUT2D eigenvalue weighted by Crippen LogP contribution is 2.37. The summed E-state index contributed by atoms with van der Waals surface area (Å²) in [7, 11) is 0. The van der Waals surface area contributed by atoms with Crippen LogP contribution in [-0.2, 0) is 6.42 Å². The molecule has 1 heterocycles. The number of hydrogen-bond acceptors (Lipinski definition) is 1. The molecule has 0 saturated carbocycles. The Morgan fingerprint density at radius 2 is 1.91 bits per heavy atom. The number of fused-ring (bicyclic) bond motifs is 1. The molecule has 0 spiro atoms. The zero-order valence-corrected chi connectivity index (χ0v) is 13.9. The summed E-state index contributed by atoms with van der Waals surface area (Å²) in [4.78, 5) is 3.40. The monoisotopic (exact) mass is 330 g/mol. The van der Waals surface area contributed by atoms with E-state index in [0.29, 0.717) is 17.1 Å². The summed E-state index contributed by atoms with van der Waals surface area (Å²) in [6.45, 7) is 2.69. The Labute approximate surface area is 140 Å². The lowest BCUT2D eigenvalue weighted by Crippen LogP contribution is -1.99. The number of aromatic amines is 1. The molecule has 0 aliphatic carbocycles. The quantitative estimate of drug-likeness (QED) is 0.619. The van der Waals surface area contributed by atoms with E-state index in [1.807, 2.05) is 25.1 Å². The lowest BCUT2D eigenvalue weighted by Gasteiger charge is -2.07. The largest absolute Gasteiger partial charge is 0.354 e. The SMILES string of the molecule is Cc1ccc(Cl)c2c(CCCCN)c(-c3ccccc3F)[nH]c12. The molecule has 0 atom stereocenters. The van der Waals surface area contributed by atoms with Crippen LogP contribution in [0.4, 0.5) is 4.39 Å². The summed E-state index contributed by atoms with van der Waals surface area (Å²) in [6.07, 6.45) is 2.71. The van der Waals surface area contributed by atoms with Crippen LogP contribution in [-0.4, -0.2) is 11.5 Å². The molecular weight excluding hydrogens is 311 g/mol. The molecule has 0 fully saturated rings. The Bertz CT molecular complexity index is 839. The zero-order chi connectivity index (χ0) is 16.4. The van der Waals surface area contributed by atoms with Crippen LogP contribution in [0.15, 0.2) is 36.4 Å². The average Bonchev–Trinajstić information content (AvgIpc) is 2.92. The summed E-state index contributed by atoms with van der Waals surface area (Å²) in [5, 5.41) is 1.70. The van der Waals surface area contributed by atoms with Crippen molar-refractivity contribution in [3.05, 3.63) is 58.4 Å². The van der Waals surface area contributed by atoms with Gasteiger partial charge in [-0.25, -0.2) is 4.39 Å². The number of H-pyrrole nitrogens is 1. The molecular formula is C19H20ClFN2. The Hall–Kier alpha value is -1.84. The van der Waals surface area contributed by atoms with Gasteiger partial charge in [-0.3, -0.25) is 0 Å². The van der Waals surface area contributed by atoms with Gasteiger partial charge in [0.25, 0.3) is 0 Å². The van der Waals surface area contributed by atoms with Gasteiger partial charge in [-0.1, -0.05) is 29.8 Å². The third-order valence-corrected chi connectivity index (χ3v) is 4.56. The fourth-order valence-electron chi connectivity index (χ4n) is 3.05. The van der Waals surface area contributed by atoms with Crippen LogP contribution in [0.1, 0.15) is 24.0 Å². The minimum Gasteiger partial charge on any atom is -0.354 e. The van der Waals surface area contributed by atoms with E-state index >= 15 is 0 Å². The normalized spacial score (nSPS) is 11.3. The van der Waals surface area contributed by atoms with Gasteiger partial charge in [0, 0.05) is 10.9 Å². The number of benzene rings is 2. The van der Waals surface area contributed by atoms with Crippen molar-refractivity contribution in [1.29, 1.82) is 0 Å². The molecule has 1 aromatic heterocycles. The maximum Gasteiger partial charge on any atom is 0.132 e. The van der Waals surface area contributed by atoms with Crippen molar-refractivity contribution in [2.24, 2.45) is 5.73 Å². The van der Waals surface area contributed by atoms with Crippen LogP contribution >= 0.6 is 11.6 Å². The standard InChI is InChI=1S/C19H20ClFN2/c1-12-9-10-15(20)17-14(7-4-5-11-22)19(23-18(12)17)13-6-2-3-8-16(13)21/h2-3,6,8-10,23H,4-5,7,11,22H2,1H3. The van der Waals surface area contributed by atoms with Crippen molar-refractivity contribution in [2.75, 3.05) is 6.54 Å². The van der Waals surface area contributed by atoms with Gasteiger partial charge in [-0.15, -0.1) is 0 Å². The maximum atomic E-state index is 14.3. The van der Waals surface area contributed by atoms with E-state index < -0.39 is 0 Å². The fraction of sp³-hybridized carbons (Fsp3) is 0.263. The van der Waals surface area contributed by atoms with Gasteiger partial charge in [-0.05, 0) is 62.1 Å². The van der Waals surface area contributed by atoms with Crippen LogP contribution in [0, 0.1) is 12.7 Å². The van der Waals surface area contributed by atoms with Gasteiger partial charge >= 0.3 is 0 Å². The van der Waals surface area contributed by atoms with E-state index in [2.05, 4.69) is 4.98 Å². The van der Waals surface area contributed by atoms with Gasteiger partial charge in [0.1, 0.15) is 5.82 Å². The Balaban J connectivity index is 2.24. The summed E-state index contributed by atoms with van der Waals surface area (Å²) >= 11 is 6.45. The first kappa shape index (κ1) is 16.0. The molecule has 3 aromatic rings. The number of nitrogens with two attached hydrogens (primary N) is 1. The van der Waals surface area contributed by atoms with Crippen LogP contribution in [0.25, 0.3) is 22.2 Å². The van der Waals surface area contributed by atoms with E-state index in [-0.39, 0.29) is 5.82 Å². The molecule has 3 rings (SSSR count). The average molecular weight is 331 g/mol. The summed E-state index contributed by atoms with van der Waals surface area (Å²) in [6, 6.07) is 10.7. The number of rotatable bonds is 5. The van der Waals surface area contributed by atoms with Gasteiger partial charge in [0.05, 0.1) is 16.2 Å². The molecule has 0 aliphatic heterocycles. The van der Waals surface area contributed by atoms with E-state index in [9.17, 15) is 4.39 Å². The van der Waals surface area contributed by atoms with Crippen LogP contribution in [0.3, 0.4) is 0 Å². The maximum absolute atomic E-state index is 14.3. The first-order chi connectivity index (χ1) is 11.1. The second kappa shape index (κ2) is 6.73. The van der Waals surface area contributed by atoms with E-state index in [1.165, 1.54) is 6.07 Å². The van der Waals surface area contributed by atoms with Crippen LogP contribution < -0.4 is 5.73 Å². The first-order valence-electron chi connectivity index (χ1n) is 7.88. The van der Waals surface area contributed by atoms with Gasteiger partial charge in [-0.2, -0.15) is 0 Å². The molecule has 0 aliphatic rings. The lowest BCUT2D eigenvalue weighted by atomic mass is 9.99. The highest BCUT2D eigenvalue weighted by molar-refractivity contribution is 6.36. The molecule has 0 unspecified atom stereocenters. The second-order valence-corrected chi connectivity index (χ2v) is 6.23. The second-order valence-electron chi connectivity index (χ2n) is 5.82. The number of aryl methyl sites for hydroxylation is 2. The number of halogens is 2. The third kappa shape index (κ3) is 2.99.